The molecule has 0 aliphatic heterocycles. The Morgan fingerprint density at radius 1 is 1.26 bits per heavy atom. The number of benzene rings is 2. The highest BCUT2D eigenvalue weighted by atomic mass is 35.5. The number of hydrogen-bond acceptors (Lipinski definition) is 3. The number of halogens is 1. The summed E-state index contributed by atoms with van der Waals surface area (Å²) >= 11 is 6.16. The number of nitrogens with two attached hydrogens (primary N) is 1. The average Bonchev–Trinajstić information content (AvgIpc) is 2.41. The number of nitriles is 1. The van der Waals surface area contributed by atoms with Crippen molar-refractivity contribution in [2.45, 2.75) is 13.0 Å². The first-order valence-electron chi connectivity index (χ1n) is 5.92. The van der Waals surface area contributed by atoms with Crippen LogP contribution in [0.25, 0.3) is 0 Å². The van der Waals surface area contributed by atoms with Crippen molar-refractivity contribution in [1.82, 2.24) is 0 Å². The van der Waals surface area contributed by atoms with Crippen molar-refractivity contribution in [2.75, 3.05) is 11.1 Å². The first-order chi connectivity index (χ1) is 9.11. The molecule has 0 heterocycles. The molecule has 0 aliphatic carbocycles. The Labute approximate surface area is 117 Å². The minimum atomic E-state index is 0.0452. The Kier molecular flexibility index (Phi) is 3.94. The molecule has 2 aromatic carbocycles. The number of nitrogen functional groups attached to an aromatic ring is 1. The molecule has 0 radical (unpaired) electrons. The predicted molar refractivity (Wildman–Crippen MR) is 79.1 cm³/mol. The van der Waals surface area contributed by atoms with Crippen molar-refractivity contribution in [3.63, 3.8) is 0 Å². The van der Waals surface area contributed by atoms with E-state index in [9.17, 15) is 0 Å². The smallest absolute Gasteiger partial charge is 0.101 e. The normalized spacial score (nSPS) is 11.6. The molecule has 0 saturated carbocycles. The molecule has 3 nitrogen and oxygen atoms in total. The second-order valence-electron chi connectivity index (χ2n) is 4.30. The standard InChI is InChI=1S/C15H14ClN3/c1-10(13-4-2-3-5-14(13)16)19-12-6-7-15(18)11(8-12)9-17/h2-8,10,19H,18H2,1H3. The fraction of sp³-hybridized carbons (Fsp3) is 0.133. The zero-order valence-electron chi connectivity index (χ0n) is 10.5. The monoisotopic (exact) mass is 271 g/mol. The van der Waals surface area contributed by atoms with Crippen molar-refractivity contribution < 1.29 is 0 Å². The van der Waals surface area contributed by atoms with Gasteiger partial charge in [0.05, 0.1) is 5.56 Å². The van der Waals surface area contributed by atoms with Gasteiger partial charge in [0.25, 0.3) is 0 Å². The number of nitrogens with zero attached hydrogens (tertiary/aromatic N) is 1. The van der Waals surface area contributed by atoms with Gasteiger partial charge in [-0.05, 0) is 36.8 Å². The molecule has 0 aromatic heterocycles. The zero-order chi connectivity index (χ0) is 13.8. The minimum absolute atomic E-state index is 0.0452. The maximum absolute atomic E-state index is 8.96. The van der Waals surface area contributed by atoms with E-state index in [2.05, 4.69) is 11.4 Å². The van der Waals surface area contributed by atoms with Crippen molar-refractivity contribution in [3.05, 3.63) is 58.6 Å². The van der Waals surface area contributed by atoms with Crippen molar-refractivity contribution >= 4 is 23.0 Å². The Bertz CT molecular complexity index is 632. The topological polar surface area (TPSA) is 61.8 Å². The van der Waals surface area contributed by atoms with E-state index in [-0.39, 0.29) is 6.04 Å². The Hall–Kier alpha value is -2.18. The molecule has 19 heavy (non-hydrogen) atoms. The van der Waals surface area contributed by atoms with Crippen LogP contribution in [0.4, 0.5) is 11.4 Å². The maximum Gasteiger partial charge on any atom is 0.101 e. The molecule has 0 saturated heterocycles. The molecule has 0 fully saturated rings. The van der Waals surface area contributed by atoms with Crippen LogP contribution in [0.1, 0.15) is 24.1 Å². The van der Waals surface area contributed by atoms with Crippen molar-refractivity contribution in [1.29, 1.82) is 5.26 Å². The summed E-state index contributed by atoms with van der Waals surface area (Å²) in [6.07, 6.45) is 0. The molecule has 0 aliphatic rings. The summed E-state index contributed by atoms with van der Waals surface area (Å²) in [6.45, 7) is 2.02. The second kappa shape index (κ2) is 5.64. The molecular weight excluding hydrogens is 258 g/mol. The highest BCUT2D eigenvalue weighted by Gasteiger charge is 2.09. The lowest BCUT2D eigenvalue weighted by Crippen LogP contribution is -2.07. The third-order valence-electron chi connectivity index (χ3n) is 2.93. The van der Waals surface area contributed by atoms with Gasteiger partial charge < -0.3 is 11.1 Å². The summed E-state index contributed by atoms with van der Waals surface area (Å²) in [5.74, 6) is 0. The second-order valence-corrected chi connectivity index (χ2v) is 4.71. The van der Waals surface area contributed by atoms with Gasteiger partial charge in [-0.15, -0.1) is 0 Å². The summed E-state index contributed by atoms with van der Waals surface area (Å²) in [5.41, 5.74) is 8.51. The fourth-order valence-electron chi connectivity index (χ4n) is 1.90. The first kappa shape index (κ1) is 13.3. The van der Waals surface area contributed by atoms with Crippen LogP contribution in [0.2, 0.25) is 5.02 Å². The van der Waals surface area contributed by atoms with E-state index in [1.165, 1.54) is 0 Å². The van der Waals surface area contributed by atoms with Gasteiger partial charge in [0.15, 0.2) is 0 Å². The molecule has 4 heteroatoms. The van der Waals surface area contributed by atoms with Gasteiger partial charge in [0, 0.05) is 22.4 Å². The van der Waals surface area contributed by atoms with Gasteiger partial charge in [0.1, 0.15) is 6.07 Å². The van der Waals surface area contributed by atoms with Gasteiger partial charge in [-0.1, -0.05) is 29.8 Å². The van der Waals surface area contributed by atoms with Crippen LogP contribution in [0, 0.1) is 11.3 Å². The average molecular weight is 272 g/mol. The predicted octanol–water partition coefficient (Wildman–Crippen LogP) is 3.97. The maximum atomic E-state index is 8.96. The third kappa shape index (κ3) is 2.98. The summed E-state index contributed by atoms with van der Waals surface area (Å²) in [4.78, 5) is 0. The largest absolute Gasteiger partial charge is 0.398 e. The van der Waals surface area contributed by atoms with Crippen LogP contribution < -0.4 is 11.1 Å². The Balaban J connectivity index is 2.22. The molecule has 0 spiro atoms. The number of nitrogens with one attached hydrogen (secondary N) is 1. The van der Waals surface area contributed by atoms with E-state index < -0.39 is 0 Å². The number of rotatable bonds is 3. The summed E-state index contributed by atoms with van der Waals surface area (Å²) in [7, 11) is 0. The fourth-order valence-corrected chi connectivity index (χ4v) is 2.20. The van der Waals surface area contributed by atoms with Crippen LogP contribution in [-0.4, -0.2) is 0 Å². The van der Waals surface area contributed by atoms with Crippen LogP contribution in [0.15, 0.2) is 42.5 Å². The van der Waals surface area contributed by atoms with Gasteiger partial charge in [-0.25, -0.2) is 0 Å². The van der Waals surface area contributed by atoms with E-state index in [0.717, 1.165) is 16.3 Å². The first-order valence-corrected chi connectivity index (χ1v) is 6.30. The Morgan fingerprint density at radius 2 is 2.00 bits per heavy atom. The number of anilines is 2. The summed E-state index contributed by atoms with van der Waals surface area (Å²) < 4.78 is 0. The molecule has 0 bridgehead atoms. The molecule has 1 unspecified atom stereocenters. The zero-order valence-corrected chi connectivity index (χ0v) is 11.3. The van der Waals surface area contributed by atoms with Crippen LogP contribution in [0.5, 0.6) is 0 Å². The molecule has 96 valence electrons. The van der Waals surface area contributed by atoms with Gasteiger partial charge in [-0.2, -0.15) is 5.26 Å². The summed E-state index contributed by atoms with van der Waals surface area (Å²) in [5, 5.41) is 13.0. The van der Waals surface area contributed by atoms with Crippen molar-refractivity contribution in [2.24, 2.45) is 0 Å². The van der Waals surface area contributed by atoms with Gasteiger partial charge in [0.2, 0.25) is 0 Å². The van der Waals surface area contributed by atoms with Gasteiger partial charge >= 0.3 is 0 Å². The van der Waals surface area contributed by atoms with Crippen molar-refractivity contribution in [3.8, 4) is 6.07 Å². The molecular formula is C15H14ClN3. The van der Waals surface area contributed by atoms with E-state index in [1.54, 1.807) is 12.1 Å². The van der Waals surface area contributed by atoms with Gasteiger partial charge in [-0.3, -0.25) is 0 Å². The highest BCUT2D eigenvalue weighted by molar-refractivity contribution is 6.31. The van der Waals surface area contributed by atoms with E-state index in [1.807, 2.05) is 37.3 Å². The third-order valence-corrected chi connectivity index (χ3v) is 3.27. The minimum Gasteiger partial charge on any atom is -0.398 e. The molecule has 1 atom stereocenters. The molecule has 2 rings (SSSR count). The van der Waals surface area contributed by atoms with E-state index in [4.69, 9.17) is 22.6 Å². The van der Waals surface area contributed by atoms with Crippen LogP contribution in [0.3, 0.4) is 0 Å². The Morgan fingerprint density at radius 3 is 2.68 bits per heavy atom. The van der Waals surface area contributed by atoms with Crippen LogP contribution in [-0.2, 0) is 0 Å². The van der Waals surface area contributed by atoms with E-state index >= 15 is 0 Å². The van der Waals surface area contributed by atoms with Crippen LogP contribution >= 0.6 is 11.6 Å². The summed E-state index contributed by atoms with van der Waals surface area (Å²) in [6, 6.07) is 15.1. The number of hydrogen-bond donors (Lipinski definition) is 2. The molecule has 3 N–H and O–H groups in total. The quantitative estimate of drug-likeness (QED) is 0.831. The molecule has 2 aromatic rings. The van der Waals surface area contributed by atoms with E-state index in [0.29, 0.717) is 11.3 Å². The molecule has 0 amide bonds. The SMILES string of the molecule is CC(Nc1ccc(N)c(C#N)c1)c1ccccc1Cl. The lowest BCUT2D eigenvalue weighted by Gasteiger charge is -2.17. The lowest BCUT2D eigenvalue weighted by molar-refractivity contribution is 0.885. The lowest BCUT2D eigenvalue weighted by atomic mass is 10.1. The highest BCUT2D eigenvalue weighted by Crippen LogP contribution is 2.26.